The maximum absolute atomic E-state index is 5.65. The van der Waals surface area contributed by atoms with Gasteiger partial charge >= 0.3 is 0 Å². The molecular formula is C24H25N5O. The number of aromatic nitrogens is 3. The van der Waals surface area contributed by atoms with Crippen LogP contribution in [0.1, 0.15) is 35.7 Å². The molecule has 0 amide bonds. The number of ether oxygens (including phenoxy) is 1. The summed E-state index contributed by atoms with van der Waals surface area (Å²) in [7, 11) is 1.74. The highest BCUT2D eigenvalue weighted by Crippen LogP contribution is 2.38. The summed E-state index contributed by atoms with van der Waals surface area (Å²) >= 11 is 0. The monoisotopic (exact) mass is 399 g/mol. The standard InChI is InChI=1S/C24H25N5O/c1-30-22-10-3-6-16-5-2-9-21(24(16)22)29-23-12-11-18-19(7-4-8-20(18)28-23)26-14-17-13-25-15-27-17/h3-4,6-8,10-13,15,21,26H,2,5,9,14H2,1H3,(H,25,27)(H,28,29). The minimum Gasteiger partial charge on any atom is -0.496 e. The van der Waals surface area contributed by atoms with Crippen molar-refractivity contribution in [3.63, 3.8) is 0 Å². The van der Waals surface area contributed by atoms with Gasteiger partial charge in [0.05, 0.1) is 37.2 Å². The van der Waals surface area contributed by atoms with E-state index in [4.69, 9.17) is 9.72 Å². The molecule has 1 aliphatic carbocycles. The number of fused-ring (bicyclic) bond motifs is 2. The molecule has 6 nitrogen and oxygen atoms in total. The summed E-state index contributed by atoms with van der Waals surface area (Å²) in [5.74, 6) is 1.84. The minimum atomic E-state index is 0.205. The van der Waals surface area contributed by atoms with Crippen LogP contribution in [-0.2, 0) is 13.0 Å². The summed E-state index contributed by atoms with van der Waals surface area (Å²) < 4.78 is 5.65. The quantitative estimate of drug-likeness (QED) is 0.422. The van der Waals surface area contributed by atoms with Gasteiger partial charge in [-0.05, 0) is 55.2 Å². The number of aryl methyl sites for hydroxylation is 1. The van der Waals surface area contributed by atoms with E-state index in [0.29, 0.717) is 6.54 Å². The topological polar surface area (TPSA) is 74.9 Å². The number of hydrogen-bond donors (Lipinski definition) is 3. The van der Waals surface area contributed by atoms with Crippen LogP contribution in [0.5, 0.6) is 5.75 Å². The van der Waals surface area contributed by atoms with Crippen LogP contribution in [0, 0.1) is 0 Å². The van der Waals surface area contributed by atoms with Gasteiger partial charge < -0.3 is 20.4 Å². The maximum atomic E-state index is 5.65. The molecule has 4 aromatic rings. The first-order valence-electron chi connectivity index (χ1n) is 10.3. The third-order valence-electron chi connectivity index (χ3n) is 5.74. The molecular weight excluding hydrogens is 374 g/mol. The second kappa shape index (κ2) is 8.06. The summed E-state index contributed by atoms with van der Waals surface area (Å²) in [5, 5.41) is 8.22. The average molecular weight is 399 g/mol. The van der Waals surface area contributed by atoms with Gasteiger partial charge in [-0.2, -0.15) is 0 Å². The highest BCUT2D eigenvalue weighted by Gasteiger charge is 2.24. The third kappa shape index (κ3) is 3.56. The molecule has 2 aromatic carbocycles. The summed E-state index contributed by atoms with van der Waals surface area (Å²) in [6.45, 7) is 0.692. The normalized spacial score (nSPS) is 15.6. The number of H-pyrrole nitrogens is 1. The maximum Gasteiger partial charge on any atom is 0.127 e. The smallest absolute Gasteiger partial charge is 0.127 e. The lowest BCUT2D eigenvalue weighted by atomic mass is 9.87. The van der Waals surface area contributed by atoms with E-state index >= 15 is 0 Å². The van der Waals surface area contributed by atoms with Crippen LogP contribution in [0.2, 0.25) is 0 Å². The Morgan fingerprint density at radius 2 is 2.07 bits per heavy atom. The molecule has 0 aliphatic heterocycles. The molecule has 1 unspecified atom stereocenters. The Morgan fingerprint density at radius 1 is 1.13 bits per heavy atom. The van der Waals surface area contributed by atoms with Crippen molar-refractivity contribution in [2.24, 2.45) is 0 Å². The Morgan fingerprint density at radius 3 is 2.93 bits per heavy atom. The number of methoxy groups -OCH3 is 1. The summed E-state index contributed by atoms with van der Waals surface area (Å²) in [5.41, 5.74) is 5.70. The summed E-state index contributed by atoms with van der Waals surface area (Å²) in [6.07, 6.45) is 6.85. The molecule has 0 fully saturated rings. The van der Waals surface area contributed by atoms with Crippen molar-refractivity contribution in [2.75, 3.05) is 17.7 Å². The highest BCUT2D eigenvalue weighted by atomic mass is 16.5. The number of pyridine rings is 1. The van der Waals surface area contributed by atoms with Crippen LogP contribution in [0.15, 0.2) is 61.1 Å². The van der Waals surface area contributed by atoms with E-state index in [0.717, 1.165) is 53.1 Å². The highest BCUT2D eigenvalue weighted by molar-refractivity contribution is 5.92. The predicted molar refractivity (Wildman–Crippen MR) is 120 cm³/mol. The largest absolute Gasteiger partial charge is 0.496 e. The van der Waals surface area contributed by atoms with Crippen molar-refractivity contribution >= 4 is 22.4 Å². The van der Waals surface area contributed by atoms with Gasteiger partial charge in [0.15, 0.2) is 0 Å². The van der Waals surface area contributed by atoms with Gasteiger partial charge in [0.1, 0.15) is 11.6 Å². The summed E-state index contributed by atoms with van der Waals surface area (Å²) in [6, 6.07) is 16.9. The van der Waals surface area contributed by atoms with Crippen LogP contribution in [-0.4, -0.2) is 22.1 Å². The van der Waals surface area contributed by atoms with E-state index in [1.807, 2.05) is 18.3 Å². The zero-order valence-electron chi connectivity index (χ0n) is 17.0. The molecule has 152 valence electrons. The fourth-order valence-electron chi connectivity index (χ4n) is 4.31. The first-order chi connectivity index (χ1) is 14.8. The Labute approximate surface area is 175 Å². The van der Waals surface area contributed by atoms with Gasteiger partial charge in [0, 0.05) is 22.8 Å². The van der Waals surface area contributed by atoms with Crippen molar-refractivity contribution < 1.29 is 4.74 Å². The molecule has 2 aromatic heterocycles. The Bertz CT molecular complexity index is 1140. The number of imidazole rings is 1. The molecule has 0 saturated carbocycles. The first kappa shape index (κ1) is 18.5. The van der Waals surface area contributed by atoms with Gasteiger partial charge in [-0.25, -0.2) is 9.97 Å². The van der Waals surface area contributed by atoms with E-state index in [2.05, 4.69) is 57.0 Å². The molecule has 1 atom stereocenters. The fraction of sp³-hybridized carbons (Fsp3) is 0.250. The predicted octanol–water partition coefficient (Wildman–Crippen LogP) is 5.07. The third-order valence-corrected chi connectivity index (χ3v) is 5.74. The SMILES string of the molecule is COc1cccc2c1C(Nc1ccc3c(NCc4cnc[nH]4)cccc3n1)CCC2. The van der Waals surface area contributed by atoms with Crippen LogP contribution in [0.3, 0.4) is 0 Å². The Balaban J connectivity index is 1.40. The lowest BCUT2D eigenvalue weighted by Crippen LogP contribution is -2.19. The van der Waals surface area contributed by atoms with Crippen LogP contribution < -0.4 is 15.4 Å². The average Bonchev–Trinajstić information content (AvgIpc) is 3.31. The van der Waals surface area contributed by atoms with E-state index in [1.165, 1.54) is 11.1 Å². The molecule has 30 heavy (non-hydrogen) atoms. The van der Waals surface area contributed by atoms with E-state index in [9.17, 15) is 0 Å². The lowest BCUT2D eigenvalue weighted by Gasteiger charge is -2.28. The van der Waals surface area contributed by atoms with Crippen LogP contribution in [0.25, 0.3) is 10.9 Å². The van der Waals surface area contributed by atoms with Gasteiger partial charge in [-0.3, -0.25) is 0 Å². The van der Waals surface area contributed by atoms with E-state index in [-0.39, 0.29) is 6.04 Å². The van der Waals surface area contributed by atoms with Crippen molar-refractivity contribution in [1.29, 1.82) is 0 Å². The molecule has 3 N–H and O–H groups in total. The fourth-order valence-corrected chi connectivity index (χ4v) is 4.31. The van der Waals surface area contributed by atoms with E-state index in [1.54, 1.807) is 13.4 Å². The number of hydrogen-bond acceptors (Lipinski definition) is 5. The number of nitrogens with zero attached hydrogens (tertiary/aromatic N) is 2. The molecule has 5 rings (SSSR count). The van der Waals surface area contributed by atoms with Crippen molar-refractivity contribution in [3.8, 4) is 5.75 Å². The second-order valence-electron chi connectivity index (χ2n) is 7.62. The van der Waals surface area contributed by atoms with Crippen molar-refractivity contribution in [1.82, 2.24) is 15.0 Å². The Kier molecular flexibility index (Phi) is 4.97. The van der Waals surface area contributed by atoms with Gasteiger partial charge in [0.2, 0.25) is 0 Å². The molecule has 0 radical (unpaired) electrons. The van der Waals surface area contributed by atoms with Gasteiger partial charge in [0.25, 0.3) is 0 Å². The number of nitrogens with one attached hydrogen (secondary N) is 3. The van der Waals surface area contributed by atoms with Crippen molar-refractivity contribution in [2.45, 2.75) is 31.8 Å². The molecule has 0 saturated heterocycles. The lowest BCUT2D eigenvalue weighted by molar-refractivity contribution is 0.401. The summed E-state index contributed by atoms with van der Waals surface area (Å²) in [4.78, 5) is 12.1. The van der Waals surface area contributed by atoms with Crippen LogP contribution in [0.4, 0.5) is 11.5 Å². The number of rotatable bonds is 6. The minimum absolute atomic E-state index is 0.205. The zero-order valence-corrected chi connectivity index (χ0v) is 17.0. The molecule has 0 spiro atoms. The van der Waals surface area contributed by atoms with E-state index < -0.39 is 0 Å². The molecule has 1 aliphatic rings. The Hall–Kier alpha value is -3.54. The zero-order chi connectivity index (χ0) is 20.3. The number of benzene rings is 2. The van der Waals surface area contributed by atoms with Gasteiger partial charge in [-0.1, -0.05) is 18.2 Å². The van der Waals surface area contributed by atoms with Crippen molar-refractivity contribution in [3.05, 3.63) is 77.9 Å². The molecule has 2 heterocycles. The number of aromatic amines is 1. The molecule has 6 heteroatoms. The number of anilines is 2. The first-order valence-corrected chi connectivity index (χ1v) is 10.3. The van der Waals surface area contributed by atoms with Gasteiger partial charge in [-0.15, -0.1) is 0 Å². The second-order valence-corrected chi connectivity index (χ2v) is 7.62. The van der Waals surface area contributed by atoms with Crippen LogP contribution >= 0.6 is 0 Å². The molecule has 0 bridgehead atoms.